The second-order valence-corrected chi connectivity index (χ2v) is 10.3. The molecule has 2 aliphatic carbocycles. The first-order valence-corrected chi connectivity index (χ1v) is 12.9. The molecule has 0 aromatic heterocycles. The molecule has 2 aromatic carbocycles. The van der Waals surface area contributed by atoms with Crippen molar-refractivity contribution in [2.45, 2.75) is 69.0 Å². The van der Waals surface area contributed by atoms with E-state index in [0.29, 0.717) is 0 Å². The molecule has 1 fully saturated rings. The predicted octanol–water partition coefficient (Wildman–Crippen LogP) is 2.20. The van der Waals surface area contributed by atoms with E-state index in [0.717, 1.165) is 0 Å². The Morgan fingerprint density at radius 2 is 1.74 bits per heavy atom. The van der Waals surface area contributed by atoms with Crippen LogP contribution in [0.25, 0.3) is 0 Å². The lowest BCUT2D eigenvalue weighted by molar-refractivity contribution is -0.247. The quantitative estimate of drug-likeness (QED) is 0.179. The van der Waals surface area contributed by atoms with Gasteiger partial charge in [0.1, 0.15) is 23.4 Å². The van der Waals surface area contributed by atoms with Crippen LogP contribution in [0.5, 0.6) is 17.2 Å². The van der Waals surface area contributed by atoms with Gasteiger partial charge in [-0.05, 0) is 25.8 Å². The van der Waals surface area contributed by atoms with E-state index in [4.69, 9.17) is 14.2 Å². The summed E-state index contributed by atoms with van der Waals surface area (Å²) in [6.45, 7) is 1.36. The molecule has 6 N–H and O–H groups in total. The molecule has 234 valence electrons. The molecule has 1 amide bonds. The Morgan fingerprint density at radius 3 is 2.37 bits per heavy atom. The first kappa shape index (κ1) is 32.4. The van der Waals surface area contributed by atoms with Gasteiger partial charge in [0.25, 0.3) is 0 Å². The van der Waals surface area contributed by atoms with Crippen molar-refractivity contribution in [1.82, 2.24) is 10.8 Å². The summed E-state index contributed by atoms with van der Waals surface area (Å²) in [4.78, 5) is 38.6. The molecule has 6 unspecified atom stereocenters. The summed E-state index contributed by atoms with van der Waals surface area (Å²) in [6, 6.07) is 2.12. The number of hydroxylamine groups is 1. The Hall–Kier alpha value is -3.47. The third-order valence-corrected chi connectivity index (χ3v) is 7.81. The van der Waals surface area contributed by atoms with E-state index in [9.17, 15) is 48.1 Å². The van der Waals surface area contributed by atoms with Crippen LogP contribution in [0, 0.1) is 0 Å². The molecule has 0 saturated carbocycles. The first-order chi connectivity index (χ1) is 19.8. The maximum atomic E-state index is 13.6. The molecule has 16 heteroatoms. The molecule has 12 nitrogen and oxygen atoms in total. The number of ketones is 2. The molecule has 0 bridgehead atoms. The van der Waals surface area contributed by atoms with Crippen molar-refractivity contribution in [2.24, 2.45) is 0 Å². The number of fused-ring (bicyclic) bond motifs is 3. The Labute approximate surface area is 248 Å². The van der Waals surface area contributed by atoms with Gasteiger partial charge < -0.3 is 40.1 Å². The number of halogens is 4. The molecule has 1 saturated heterocycles. The summed E-state index contributed by atoms with van der Waals surface area (Å²) < 4.78 is 55.5. The smallest absolute Gasteiger partial charge is 0.471 e. The van der Waals surface area contributed by atoms with Crippen molar-refractivity contribution in [3.8, 4) is 17.2 Å². The highest BCUT2D eigenvalue weighted by Gasteiger charge is 2.46. The van der Waals surface area contributed by atoms with Crippen molar-refractivity contribution in [3.63, 3.8) is 0 Å². The van der Waals surface area contributed by atoms with E-state index in [2.05, 4.69) is 5.48 Å². The van der Waals surface area contributed by atoms with Gasteiger partial charge in [0, 0.05) is 29.2 Å². The molecular formula is C27H28ClF3N2O10. The Bertz CT molecular complexity index is 1470. The van der Waals surface area contributed by atoms with Crippen LogP contribution in [0.4, 0.5) is 13.2 Å². The summed E-state index contributed by atoms with van der Waals surface area (Å²) in [5, 5.41) is 44.5. The number of carbonyl (C=O) groups excluding carboxylic acids is 3. The van der Waals surface area contributed by atoms with Crippen molar-refractivity contribution in [1.29, 1.82) is 0 Å². The van der Waals surface area contributed by atoms with Gasteiger partial charge in [0.2, 0.25) is 5.78 Å². The minimum atomic E-state index is -5.20. The standard InChI is InChI=1S/C27H27F3N2O10.ClH/c1-9-21(33)13(31-26(38)27(28,29)30)8-16(41-9)42-15-7-10(32-39)6-12-18(15)25(37)20-19(23(12)35)22(34)11-4-3-5-14(40-2)17(11)24(20)36;/h3-5,9-10,13,15-16,21,32-33,35,37,39H,6-8H2,1-2H3,(H,31,38);1H. The summed E-state index contributed by atoms with van der Waals surface area (Å²) in [6.07, 6.45) is -11.0. The summed E-state index contributed by atoms with van der Waals surface area (Å²) in [7, 11) is 1.30. The monoisotopic (exact) mass is 632 g/mol. The average Bonchev–Trinajstić information content (AvgIpc) is 2.94. The number of aromatic hydroxyl groups is 2. The number of benzene rings is 2. The van der Waals surface area contributed by atoms with Crippen LogP contribution in [0.1, 0.15) is 68.8 Å². The third kappa shape index (κ3) is 5.52. The van der Waals surface area contributed by atoms with Gasteiger partial charge in [-0.15, -0.1) is 12.4 Å². The first-order valence-electron chi connectivity index (χ1n) is 12.9. The highest BCUT2D eigenvalue weighted by atomic mass is 35.5. The number of nitrogens with one attached hydrogen (secondary N) is 2. The molecule has 6 atom stereocenters. The van der Waals surface area contributed by atoms with Crippen molar-refractivity contribution in [3.05, 3.63) is 51.6 Å². The molecule has 1 aliphatic heterocycles. The van der Waals surface area contributed by atoms with Crippen LogP contribution in [0.3, 0.4) is 0 Å². The number of aliphatic hydroxyl groups excluding tert-OH is 1. The molecule has 2 aromatic rings. The molecule has 0 spiro atoms. The molecular weight excluding hydrogens is 605 g/mol. The Kier molecular flexibility index (Phi) is 8.98. The number of hydrogen-bond donors (Lipinski definition) is 6. The molecule has 0 radical (unpaired) electrons. The van der Waals surface area contributed by atoms with Gasteiger partial charge in [-0.2, -0.15) is 13.2 Å². The second kappa shape index (κ2) is 11.9. The van der Waals surface area contributed by atoms with E-state index < -0.39 is 89.4 Å². The van der Waals surface area contributed by atoms with Crippen LogP contribution in [0.15, 0.2) is 18.2 Å². The zero-order valence-electron chi connectivity index (χ0n) is 22.6. The number of carbonyl (C=O) groups is 3. The normalized spacial score (nSPS) is 26.5. The van der Waals surface area contributed by atoms with E-state index in [1.165, 1.54) is 32.2 Å². The Balaban J connectivity index is 0.00000423. The van der Waals surface area contributed by atoms with Crippen molar-refractivity contribution in [2.75, 3.05) is 7.11 Å². The van der Waals surface area contributed by atoms with Crippen LogP contribution >= 0.6 is 12.4 Å². The SMILES string of the molecule is COc1cccc2c1C(=O)c1c(O)c3c(c(O)c1C2=O)CC(NO)CC3OC1CC(NC(=O)C(F)(F)F)C(O)C(C)O1.Cl. The number of ether oxygens (including phenoxy) is 3. The van der Waals surface area contributed by atoms with E-state index in [1.807, 2.05) is 0 Å². The van der Waals surface area contributed by atoms with Gasteiger partial charge >= 0.3 is 12.1 Å². The zero-order valence-corrected chi connectivity index (χ0v) is 23.4. The lowest BCUT2D eigenvalue weighted by Gasteiger charge is -2.41. The van der Waals surface area contributed by atoms with Crippen molar-refractivity contribution < 1.29 is 62.3 Å². The number of phenols is 2. The number of hydrogen-bond acceptors (Lipinski definition) is 11. The Morgan fingerprint density at radius 1 is 1.07 bits per heavy atom. The maximum absolute atomic E-state index is 13.6. The van der Waals surface area contributed by atoms with Crippen molar-refractivity contribution >= 4 is 29.9 Å². The van der Waals surface area contributed by atoms with Crippen LogP contribution in [0.2, 0.25) is 0 Å². The fraction of sp³-hybridized carbons (Fsp3) is 0.444. The lowest BCUT2D eigenvalue weighted by Crippen LogP contribution is -2.57. The second-order valence-electron chi connectivity index (χ2n) is 10.3. The van der Waals surface area contributed by atoms with Gasteiger partial charge in [-0.1, -0.05) is 12.1 Å². The van der Waals surface area contributed by atoms with Gasteiger partial charge in [-0.25, -0.2) is 5.48 Å². The van der Waals surface area contributed by atoms with Gasteiger partial charge in [0.15, 0.2) is 12.1 Å². The largest absolute Gasteiger partial charge is 0.507 e. The number of aliphatic hydroxyl groups is 1. The maximum Gasteiger partial charge on any atom is 0.471 e. The topological polar surface area (TPSA) is 184 Å². The number of rotatable bonds is 5. The van der Waals surface area contributed by atoms with E-state index >= 15 is 0 Å². The van der Waals surface area contributed by atoms with Gasteiger partial charge in [-0.3, -0.25) is 14.4 Å². The number of amides is 1. The fourth-order valence-electron chi connectivity index (χ4n) is 5.82. The van der Waals surface area contributed by atoms with Crippen LogP contribution in [-0.2, 0) is 20.7 Å². The summed E-state index contributed by atoms with van der Waals surface area (Å²) in [5.41, 5.74) is 0.879. The third-order valence-electron chi connectivity index (χ3n) is 7.81. The van der Waals surface area contributed by atoms with E-state index in [-0.39, 0.29) is 53.3 Å². The molecule has 3 aliphatic rings. The van der Waals surface area contributed by atoms with Crippen LogP contribution in [-0.4, -0.2) is 81.9 Å². The number of phenolic OH excluding ortho intramolecular Hbond substituents is 2. The lowest BCUT2D eigenvalue weighted by atomic mass is 9.76. The summed E-state index contributed by atoms with van der Waals surface area (Å²) >= 11 is 0. The number of methoxy groups -OCH3 is 1. The zero-order chi connectivity index (χ0) is 30.7. The minimum Gasteiger partial charge on any atom is -0.507 e. The minimum absolute atomic E-state index is 0. The highest BCUT2D eigenvalue weighted by molar-refractivity contribution is 6.31. The molecule has 5 rings (SSSR count). The summed E-state index contributed by atoms with van der Waals surface area (Å²) in [5.74, 6) is -5.01. The van der Waals surface area contributed by atoms with Crippen LogP contribution < -0.4 is 15.5 Å². The highest BCUT2D eigenvalue weighted by Crippen LogP contribution is 2.50. The van der Waals surface area contributed by atoms with Gasteiger partial charge in [0.05, 0.1) is 42.0 Å². The molecule has 43 heavy (non-hydrogen) atoms. The van der Waals surface area contributed by atoms with E-state index in [1.54, 1.807) is 5.32 Å². The fourth-order valence-corrected chi connectivity index (χ4v) is 5.82. The molecule has 1 heterocycles. The number of alkyl halides is 3. The predicted molar refractivity (Wildman–Crippen MR) is 141 cm³/mol. The average molecular weight is 633 g/mol.